The normalized spacial score (nSPS) is 12.5. The first-order chi connectivity index (χ1) is 11.5. The van der Waals surface area contributed by atoms with E-state index in [1.54, 1.807) is 0 Å². The number of hydrogen-bond acceptors (Lipinski definition) is 10. The first-order valence-electron chi connectivity index (χ1n) is 6.50. The zero-order chi connectivity index (χ0) is 17.1. The van der Waals surface area contributed by atoms with Gasteiger partial charge < -0.3 is 15.2 Å². The van der Waals surface area contributed by atoms with E-state index < -0.39 is 10.8 Å². The molecule has 1 aliphatic heterocycles. The Morgan fingerprint density at radius 2 is 2.21 bits per heavy atom. The number of nitrogens with one attached hydrogen (secondary N) is 1. The summed E-state index contributed by atoms with van der Waals surface area (Å²) in [6.07, 6.45) is 1.11. The van der Waals surface area contributed by atoms with Gasteiger partial charge in [-0.15, -0.1) is 10.2 Å². The number of ether oxygens (including phenoxy) is 2. The zero-order valence-corrected chi connectivity index (χ0v) is 12.8. The SMILES string of the molecule is Nc1nnc(CC(=O)N/N=C/c2cc3c(cc2[N+](=O)[O-])OCO3)s1. The highest BCUT2D eigenvalue weighted by Crippen LogP contribution is 2.37. The lowest BCUT2D eigenvalue weighted by atomic mass is 10.1. The van der Waals surface area contributed by atoms with E-state index in [2.05, 4.69) is 20.7 Å². The second-order valence-electron chi connectivity index (χ2n) is 4.53. The molecule has 24 heavy (non-hydrogen) atoms. The van der Waals surface area contributed by atoms with Crippen LogP contribution in [-0.4, -0.2) is 34.0 Å². The average molecular weight is 350 g/mol. The molecule has 1 aromatic carbocycles. The van der Waals surface area contributed by atoms with E-state index in [9.17, 15) is 14.9 Å². The molecule has 3 N–H and O–H groups in total. The number of nitro groups is 1. The topological polar surface area (TPSA) is 155 Å². The molecular weight excluding hydrogens is 340 g/mol. The van der Waals surface area contributed by atoms with Gasteiger partial charge in [-0.3, -0.25) is 14.9 Å². The average Bonchev–Trinajstić information content (AvgIpc) is 3.14. The number of fused-ring (bicyclic) bond motifs is 1. The van der Waals surface area contributed by atoms with E-state index in [0.717, 1.165) is 17.6 Å². The van der Waals surface area contributed by atoms with Crippen molar-refractivity contribution in [3.05, 3.63) is 32.8 Å². The number of nitro benzene ring substituents is 1. The van der Waals surface area contributed by atoms with Crippen LogP contribution >= 0.6 is 11.3 Å². The van der Waals surface area contributed by atoms with Crippen molar-refractivity contribution in [3.8, 4) is 11.5 Å². The molecule has 3 rings (SSSR count). The molecule has 12 heteroatoms. The molecule has 0 spiro atoms. The maximum absolute atomic E-state index is 11.7. The number of carbonyl (C=O) groups excluding carboxylic acids is 1. The number of anilines is 1. The Morgan fingerprint density at radius 3 is 2.88 bits per heavy atom. The van der Waals surface area contributed by atoms with Crippen molar-refractivity contribution in [2.75, 3.05) is 12.5 Å². The van der Waals surface area contributed by atoms with E-state index in [1.807, 2.05) is 0 Å². The molecule has 1 aromatic heterocycles. The summed E-state index contributed by atoms with van der Waals surface area (Å²) in [4.78, 5) is 22.2. The number of hydrogen-bond donors (Lipinski definition) is 2. The van der Waals surface area contributed by atoms with Crippen LogP contribution < -0.4 is 20.6 Å². The quantitative estimate of drug-likeness (QED) is 0.447. The minimum atomic E-state index is -0.574. The van der Waals surface area contributed by atoms with Gasteiger partial charge in [-0.05, 0) is 6.07 Å². The number of nitrogens with zero attached hydrogens (tertiary/aromatic N) is 4. The number of amides is 1. The van der Waals surface area contributed by atoms with Crippen molar-refractivity contribution in [1.82, 2.24) is 15.6 Å². The largest absolute Gasteiger partial charge is 0.454 e. The van der Waals surface area contributed by atoms with Crippen LogP contribution in [0, 0.1) is 10.1 Å². The second-order valence-corrected chi connectivity index (χ2v) is 5.62. The van der Waals surface area contributed by atoms with E-state index in [1.165, 1.54) is 12.1 Å². The highest BCUT2D eigenvalue weighted by molar-refractivity contribution is 7.15. The summed E-state index contributed by atoms with van der Waals surface area (Å²) in [5.41, 5.74) is 7.63. The number of hydrazone groups is 1. The standard InChI is InChI=1S/C12H10N6O5S/c13-12-17-16-11(24-12)3-10(19)15-14-4-6-1-8-9(23-5-22-8)2-7(6)18(20)21/h1-2,4H,3,5H2,(H2,13,17)(H,15,19)/b14-4+. The Kier molecular flexibility index (Phi) is 4.20. The molecule has 0 radical (unpaired) electrons. The molecule has 0 fully saturated rings. The smallest absolute Gasteiger partial charge is 0.282 e. The summed E-state index contributed by atoms with van der Waals surface area (Å²) >= 11 is 1.09. The fraction of sp³-hybridized carbons (Fsp3) is 0.167. The van der Waals surface area contributed by atoms with Crippen LogP contribution in [0.25, 0.3) is 0 Å². The third-order valence-corrected chi connectivity index (χ3v) is 3.66. The van der Waals surface area contributed by atoms with Gasteiger partial charge >= 0.3 is 0 Å². The number of nitrogens with two attached hydrogens (primary N) is 1. The minimum Gasteiger partial charge on any atom is -0.454 e. The monoisotopic (exact) mass is 350 g/mol. The summed E-state index contributed by atoms with van der Waals surface area (Å²) in [6, 6.07) is 2.66. The molecular formula is C12H10N6O5S. The maximum atomic E-state index is 11.7. The van der Waals surface area contributed by atoms with Gasteiger partial charge in [0.1, 0.15) is 5.01 Å². The molecule has 2 heterocycles. The third-order valence-electron chi connectivity index (χ3n) is 2.91. The molecule has 11 nitrogen and oxygen atoms in total. The van der Waals surface area contributed by atoms with Gasteiger partial charge in [-0.1, -0.05) is 11.3 Å². The molecule has 0 saturated heterocycles. The first-order valence-corrected chi connectivity index (χ1v) is 7.32. The van der Waals surface area contributed by atoms with Gasteiger partial charge in [-0.2, -0.15) is 5.10 Å². The van der Waals surface area contributed by atoms with Crippen molar-refractivity contribution in [3.63, 3.8) is 0 Å². The maximum Gasteiger partial charge on any atom is 0.282 e. The molecule has 1 amide bonds. The minimum absolute atomic E-state index is 0.00516. The van der Waals surface area contributed by atoms with Crippen molar-refractivity contribution in [2.45, 2.75) is 6.42 Å². The fourth-order valence-corrected chi connectivity index (χ4v) is 2.51. The summed E-state index contributed by atoms with van der Waals surface area (Å²) in [5, 5.41) is 22.8. The predicted octanol–water partition coefficient (Wildman–Crippen LogP) is 0.450. The lowest BCUT2D eigenvalue weighted by Crippen LogP contribution is -2.19. The summed E-state index contributed by atoms with van der Waals surface area (Å²) in [5.74, 6) is 0.209. The van der Waals surface area contributed by atoms with Crippen molar-refractivity contribution in [1.29, 1.82) is 0 Å². The van der Waals surface area contributed by atoms with Crippen LogP contribution in [0.5, 0.6) is 11.5 Å². The molecule has 124 valence electrons. The van der Waals surface area contributed by atoms with Gasteiger partial charge in [0.2, 0.25) is 17.8 Å². The first kappa shape index (κ1) is 15.6. The van der Waals surface area contributed by atoms with Gasteiger partial charge in [-0.25, -0.2) is 5.43 Å². The van der Waals surface area contributed by atoms with Crippen LogP contribution in [0.3, 0.4) is 0 Å². The molecule has 0 aliphatic carbocycles. The summed E-state index contributed by atoms with van der Waals surface area (Å²) in [7, 11) is 0. The lowest BCUT2D eigenvalue weighted by Gasteiger charge is -2.01. The third kappa shape index (κ3) is 3.38. The van der Waals surface area contributed by atoms with Crippen LogP contribution in [0.4, 0.5) is 10.8 Å². The van der Waals surface area contributed by atoms with Crippen LogP contribution in [-0.2, 0) is 11.2 Å². The van der Waals surface area contributed by atoms with E-state index in [4.69, 9.17) is 15.2 Å². The zero-order valence-electron chi connectivity index (χ0n) is 12.0. The van der Waals surface area contributed by atoms with Gasteiger partial charge in [0, 0.05) is 0 Å². The molecule has 1 aliphatic rings. The van der Waals surface area contributed by atoms with Crippen LogP contribution in [0.1, 0.15) is 10.6 Å². The van der Waals surface area contributed by atoms with Crippen LogP contribution in [0.15, 0.2) is 17.2 Å². The molecule has 0 atom stereocenters. The second kappa shape index (κ2) is 6.45. The number of aromatic nitrogens is 2. The number of carbonyl (C=O) groups is 1. The number of nitrogen functional groups attached to an aromatic ring is 1. The van der Waals surface area contributed by atoms with E-state index >= 15 is 0 Å². The summed E-state index contributed by atoms with van der Waals surface area (Å²) < 4.78 is 10.3. The van der Waals surface area contributed by atoms with Gasteiger partial charge in [0.15, 0.2) is 11.5 Å². The van der Waals surface area contributed by atoms with Crippen LogP contribution in [0.2, 0.25) is 0 Å². The molecule has 0 saturated carbocycles. The highest BCUT2D eigenvalue weighted by Gasteiger charge is 2.22. The number of benzene rings is 1. The Hall–Kier alpha value is -3.28. The molecule has 0 unspecified atom stereocenters. The van der Waals surface area contributed by atoms with E-state index in [0.29, 0.717) is 10.8 Å². The molecule has 0 bridgehead atoms. The Balaban J connectivity index is 1.70. The predicted molar refractivity (Wildman–Crippen MR) is 83.0 cm³/mol. The summed E-state index contributed by atoms with van der Waals surface area (Å²) in [6.45, 7) is -0.00516. The number of rotatable bonds is 5. The van der Waals surface area contributed by atoms with Gasteiger partial charge in [0.05, 0.1) is 29.2 Å². The van der Waals surface area contributed by atoms with Gasteiger partial charge in [0.25, 0.3) is 5.69 Å². The van der Waals surface area contributed by atoms with Crippen molar-refractivity contribution >= 4 is 34.3 Å². The molecule has 2 aromatic rings. The Labute approximate surface area is 138 Å². The Bertz CT molecular complexity index is 835. The highest BCUT2D eigenvalue weighted by atomic mass is 32.1. The van der Waals surface area contributed by atoms with E-state index in [-0.39, 0.29) is 35.3 Å². The Morgan fingerprint density at radius 1 is 1.46 bits per heavy atom. The fourth-order valence-electron chi connectivity index (χ4n) is 1.90. The lowest BCUT2D eigenvalue weighted by molar-refractivity contribution is -0.385. The van der Waals surface area contributed by atoms with Crippen molar-refractivity contribution < 1.29 is 19.2 Å². The van der Waals surface area contributed by atoms with Crippen molar-refractivity contribution in [2.24, 2.45) is 5.10 Å².